The lowest BCUT2D eigenvalue weighted by Crippen LogP contribution is -2.54. The van der Waals surface area contributed by atoms with Crippen LogP contribution < -0.4 is 16.0 Å². The minimum Gasteiger partial charge on any atom is -0.444 e. The standard InChI is InChI=1S/C18H33N5O2S.HI/c1-12(2)14-22-13(10-26-14)9-20-15(19-8)21-11-18(6,7)23-16(24)25-17(3,4)5;/h10,12H,9,11H2,1-8H3,(H,23,24)(H2,19,20,21);1H. The summed E-state index contributed by atoms with van der Waals surface area (Å²) in [5.74, 6) is 1.09. The topological polar surface area (TPSA) is 87.6 Å². The van der Waals surface area contributed by atoms with Gasteiger partial charge >= 0.3 is 6.09 Å². The average Bonchev–Trinajstić information content (AvgIpc) is 2.93. The number of nitrogens with zero attached hydrogens (tertiary/aromatic N) is 2. The number of ether oxygens (including phenoxy) is 1. The Balaban J connectivity index is 0.00000676. The van der Waals surface area contributed by atoms with E-state index in [4.69, 9.17) is 4.74 Å². The minimum absolute atomic E-state index is 0. The van der Waals surface area contributed by atoms with Crippen LogP contribution in [0, 0.1) is 0 Å². The van der Waals surface area contributed by atoms with Gasteiger partial charge in [-0.1, -0.05) is 13.8 Å². The average molecular weight is 511 g/mol. The van der Waals surface area contributed by atoms with E-state index in [9.17, 15) is 4.79 Å². The predicted octanol–water partition coefficient (Wildman–Crippen LogP) is 3.85. The molecule has 0 aliphatic heterocycles. The third-order valence-corrected chi connectivity index (χ3v) is 4.46. The van der Waals surface area contributed by atoms with Gasteiger partial charge in [-0.2, -0.15) is 0 Å². The van der Waals surface area contributed by atoms with Crippen LogP contribution in [0.4, 0.5) is 4.79 Å². The van der Waals surface area contributed by atoms with Crippen molar-refractivity contribution in [2.24, 2.45) is 4.99 Å². The van der Waals surface area contributed by atoms with Crippen LogP contribution in [-0.2, 0) is 11.3 Å². The molecule has 0 unspecified atom stereocenters. The first-order valence-corrected chi connectivity index (χ1v) is 9.70. The summed E-state index contributed by atoms with van der Waals surface area (Å²) < 4.78 is 5.30. The molecular formula is C18H34IN5O2S. The molecule has 3 N–H and O–H groups in total. The molecule has 0 saturated carbocycles. The quantitative estimate of drug-likeness (QED) is 0.307. The molecule has 1 aromatic heterocycles. The molecule has 0 fully saturated rings. The molecule has 7 nitrogen and oxygen atoms in total. The number of alkyl carbamates (subject to hydrolysis) is 1. The van der Waals surface area contributed by atoms with Crippen molar-refractivity contribution in [1.29, 1.82) is 0 Å². The third kappa shape index (κ3) is 10.7. The maximum absolute atomic E-state index is 11.9. The number of hydrogen-bond donors (Lipinski definition) is 3. The van der Waals surface area contributed by atoms with E-state index >= 15 is 0 Å². The van der Waals surface area contributed by atoms with Gasteiger partial charge in [0.25, 0.3) is 0 Å². The smallest absolute Gasteiger partial charge is 0.408 e. The number of carbonyl (C=O) groups excluding carboxylic acids is 1. The second kappa shape index (κ2) is 11.0. The van der Waals surface area contributed by atoms with Gasteiger partial charge in [0.15, 0.2) is 5.96 Å². The maximum atomic E-state index is 11.9. The van der Waals surface area contributed by atoms with E-state index in [1.54, 1.807) is 18.4 Å². The zero-order valence-electron chi connectivity index (χ0n) is 17.6. The first-order valence-electron chi connectivity index (χ1n) is 8.82. The fourth-order valence-electron chi connectivity index (χ4n) is 1.99. The molecule has 0 aliphatic carbocycles. The number of hydrogen-bond acceptors (Lipinski definition) is 5. The van der Waals surface area contributed by atoms with E-state index < -0.39 is 17.2 Å². The minimum atomic E-state index is -0.520. The number of nitrogens with one attached hydrogen (secondary N) is 3. The van der Waals surface area contributed by atoms with Crippen molar-refractivity contribution in [3.05, 3.63) is 16.1 Å². The van der Waals surface area contributed by atoms with E-state index in [1.165, 1.54) is 0 Å². The molecule has 0 aliphatic rings. The molecule has 156 valence electrons. The molecule has 1 heterocycles. The van der Waals surface area contributed by atoms with Crippen LogP contribution in [0.2, 0.25) is 0 Å². The number of aromatic nitrogens is 1. The van der Waals surface area contributed by atoms with Crippen LogP contribution in [0.3, 0.4) is 0 Å². The second-order valence-electron chi connectivity index (χ2n) is 8.12. The SMILES string of the molecule is CN=C(NCc1csc(C(C)C)n1)NCC(C)(C)NC(=O)OC(C)(C)C.I. The van der Waals surface area contributed by atoms with Gasteiger partial charge in [0.2, 0.25) is 0 Å². The van der Waals surface area contributed by atoms with Crippen LogP contribution >= 0.6 is 35.3 Å². The van der Waals surface area contributed by atoms with E-state index in [1.807, 2.05) is 34.6 Å². The van der Waals surface area contributed by atoms with Crippen LogP contribution in [0.15, 0.2) is 10.4 Å². The largest absolute Gasteiger partial charge is 0.444 e. The number of rotatable bonds is 6. The Bertz CT molecular complexity index is 624. The first-order chi connectivity index (χ1) is 11.9. The van der Waals surface area contributed by atoms with Gasteiger partial charge in [-0.25, -0.2) is 9.78 Å². The van der Waals surface area contributed by atoms with Crippen molar-refractivity contribution in [2.75, 3.05) is 13.6 Å². The van der Waals surface area contributed by atoms with E-state index in [0.29, 0.717) is 25.0 Å². The van der Waals surface area contributed by atoms with E-state index in [-0.39, 0.29) is 24.0 Å². The summed E-state index contributed by atoms with van der Waals surface area (Å²) >= 11 is 1.67. The van der Waals surface area contributed by atoms with E-state index in [0.717, 1.165) is 10.7 Å². The molecule has 0 saturated heterocycles. The van der Waals surface area contributed by atoms with Gasteiger partial charge in [-0.3, -0.25) is 4.99 Å². The highest BCUT2D eigenvalue weighted by molar-refractivity contribution is 14.0. The summed E-state index contributed by atoms with van der Waals surface area (Å²) in [5, 5.41) is 12.5. The first kappa shape index (κ1) is 25.9. The molecule has 0 radical (unpaired) electrons. The highest BCUT2D eigenvalue weighted by Crippen LogP contribution is 2.18. The van der Waals surface area contributed by atoms with Gasteiger partial charge in [0, 0.05) is 24.9 Å². The molecule has 0 bridgehead atoms. The van der Waals surface area contributed by atoms with Gasteiger partial charge in [0.05, 0.1) is 22.8 Å². The van der Waals surface area contributed by atoms with Crippen molar-refractivity contribution in [3.8, 4) is 0 Å². The summed E-state index contributed by atoms with van der Waals surface area (Å²) in [6.07, 6.45) is -0.434. The molecule has 0 spiro atoms. The van der Waals surface area contributed by atoms with Crippen molar-refractivity contribution >= 4 is 47.4 Å². The number of halogens is 1. The lowest BCUT2D eigenvalue weighted by Gasteiger charge is -2.29. The van der Waals surface area contributed by atoms with Gasteiger partial charge in [-0.15, -0.1) is 35.3 Å². The van der Waals surface area contributed by atoms with Gasteiger partial charge in [-0.05, 0) is 34.6 Å². The molecule has 1 amide bonds. The summed E-state index contributed by atoms with van der Waals surface area (Å²) in [4.78, 5) is 20.8. The predicted molar refractivity (Wildman–Crippen MR) is 123 cm³/mol. The zero-order valence-corrected chi connectivity index (χ0v) is 20.7. The third-order valence-electron chi connectivity index (χ3n) is 3.26. The summed E-state index contributed by atoms with van der Waals surface area (Å²) in [5.41, 5.74) is -0.0216. The van der Waals surface area contributed by atoms with Crippen molar-refractivity contribution in [1.82, 2.24) is 20.9 Å². The Morgan fingerprint density at radius 3 is 2.37 bits per heavy atom. The van der Waals surface area contributed by atoms with E-state index in [2.05, 4.69) is 45.2 Å². The van der Waals surface area contributed by atoms with Crippen molar-refractivity contribution in [2.45, 2.75) is 72.1 Å². The van der Waals surface area contributed by atoms with Crippen molar-refractivity contribution < 1.29 is 9.53 Å². The molecule has 0 atom stereocenters. The van der Waals surface area contributed by atoms with Gasteiger partial charge in [0.1, 0.15) is 5.60 Å². The maximum Gasteiger partial charge on any atom is 0.408 e. The van der Waals surface area contributed by atoms with Crippen LogP contribution in [-0.4, -0.2) is 41.8 Å². The number of carbonyl (C=O) groups is 1. The Morgan fingerprint density at radius 2 is 1.89 bits per heavy atom. The van der Waals surface area contributed by atoms with Crippen LogP contribution in [0.25, 0.3) is 0 Å². The molecular weight excluding hydrogens is 477 g/mol. The fourth-order valence-corrected chi connectivity index (χ4v) is 2.83. The highest BCUT2D eigenvalue weighted by atomic mass is 127. The fraction of sp³-hybridized carbons (Fsp3) is 0.722. The lowest BCUT2D eigenvalue weighted by atomic mass is 10.1. The highest BCUT2D eigenvalue weighted by Gasteiger charge is 2.24. The lowest BCUT2D eigenvalue weighted by molar-refractivity contribution is 0.0474. The molecule has 27 heavy (non-hydrogen) atoms. The second-order valence-corrected chi connectivity index (χ2v) is 9.01. The number of amides is 1. The number of thiazole rings is 1. The van der Waals surface area contributed by atoms with Crippen LogP contribution in [0.1, 0.15) is 65.1 Å². The zero-order chi connectivity index (χ0) is 20.0. The number of aliphatic imine (C=N–C) groups is 1. The Hall–Kier alpha value is -1.10. The molecule has 1 aromatic rings. The Kier molecular flexibility index (Phi) is 10.6. The molecule has 1 rings (SSSR count). The monoisotopic (exact) mass is 511 g/mol. The normalized spacial score (nSPS) is 12.4. The van der Waals surface area contributed by atoms with Crippen molar-refractivity contribution in [3.63, 3.8) is 0 Å². The molecule has 0 aromatic carbocycles. The van der Waals surface area contributed by atoms with Crippen LogP contribution in [0.5, 0.6) is 0 Å². The summed E-state index contributed by atoms with van der Waals surface area (Å²) in [6, 6.07) is 0. The number of guanidine groups is 1. The Morgan fingerprint density at radius 1 is 1.26 bits per heavy atom. The summed E-state index contributed by atoms with van der Waals surface area (Å²) in [7, 11) is 1.71. The summed E-state index contributed by atoms with van der Waals surface area (Å²) in [6.45, 7) is 14.7. The van der Waals surface area contributed by atoms with Gasteiger partial charge < -0.3 is 20.7 Å². The Labute approximate surface area is 184 Å². The molecule has 9 heteroatoms.